The van der Waals surface area contributed by atoms with Crippen molar-refractivity contribution in [3.8, 4) is 18.1 Å². The van der Waals surface area contributed by atoms with Crippen molar-refractivity contribution in [3.63, 3.8) is 0 Å². The van der Waals surface area contributed by atoms with Gasteiger partial charge in [-0.15, -0.1) is 6.42 Å². The molecule has 0 aromatic heterocycles. The van der Waals surface area contributed by atoms with Gasteiger partial charge in [0.2, 0.25) is 0 Å². The van der Waals surface area contributed by atoms with Crippen LogP contribution in [-0.4, -0.2) is 13.2 Å². The number of hydrogen-bond acceptors (Lipinski definition) is 2. The summed E-state index contributed by atoms with van der Waals surface area (Å²) in [4.78, 5) is 0. The van der Waals surface area contributed by atoms with Crippen LogP contribution in [0.4, 0.5) is 0 Å². The Morgan fingerprint density at radius 1 is 1.22 bits per heavy atom. The van der Waals surface area contributed by atoms with Crippen molar-refractivity contribution in [1.29, 1.82) is 0 Å². The largest absolute Gasteiger partial charge is 0.497 e. The molecule has 0 saturated carbocycles. The van der Waals surface area contributed by atoms with Crippen molar-refractivity contribution in [2.24, 2.45) is 0 Å². The van der Waals surface area contributed by atoms with Crippen molar-refractivity contribution >= 4 is 0 Å². The predicted octanol–water partition coefficient (Wildman–Crippen LogP) is 3.79. The van der Waals surface area contributed by atoms with Crippen LogP contribution in [-0.2, 0) is 11.3 Å². The van der Waals surface area contributed by atoms with Crippen LogP contribution in [0.15, 0.2) is 24.3 Å². The molecule has 98 valence electrons. The molecule has 0 heterocycles. The molecule has 0 amide bonds. The van der Waals surface area contributed by atoms with E-state index in [9.17, 15) is 0 Å². The minimum absolute atomic E-state index is 0.0707. The normalized spacial score (nSPS) is 11.8. The van der Waals surface area contributed by atoms with E-state index in [1.807, 2.05) is 24.3 Å². The number of hydrogen-bond donors (Lipinski definition) is 0. The fourth-order valence-corrected chi connectivity index (χ4v) is 1.71. The van der Waals surface area contributed by atoms with Gasteiger partial charge < -0.3 is 9.47 Å². The Kier molecular flexibility index (Phi) is 6.98. The van der Waals surface area contributed by atoms with Crippen molar-refractivity contribution < 1.29 is 9.47 Å². The van der Waals surface area contributed by atoms with Gasteiger partial charge in [-0.3, -0.25) is 0 Å². The van der Waals surface area contributed by atoms with Crippen LogP contribution in [0.3, 0.4) is 0 Å². The molecule has 1 aromatic carbocycles. The first-order valence-corrected chi connectivity index (χ1v) is 6.50. The molecule has 1 unspecified atom stereocenters. The van der Waals surface area contributed by atoms with Crippen molar-refractivity contribution in [2.75, 3.05) is 7.11 Å². The Balaban J connectivity index is 2.35. The van der Waals surface area contributed by atoms with Gasteiger partial charge in [0.1, 0.15) is 11.9 Å². The molecular weight excluding hydrogens is 224 g/mol. The van der Waals surface area contributed by atoms with Gasteiger partial charge in [-0.2, -0.15) is 0 Å². The molecule has 0 saturated heterocycles. The summed E-state index contributed by atoms with van der Waals surface area (Å²) >= 11 is 0. The quantitative estimate of drug-likeness (QED) is 0.513. The highest BCUT2D eigenvalue weighted by atomic mass is 16.5. The Labute approximate surface area is 110 Å². The number of benzene rings is 1. The first-order valence-electron chi connectivity index (χ1n) is 6.50. The number of ether oxygens (including phenoxy) is 2. The first-order chi connectivity index (χ1) is 8.80. The third kappa shape index (κ3) is 5.25. The average molecular weight is 246 g/mol. The zero-order valence-corrected chi connectivity index (χ0v) is 11.3. The van der Waals surface area contributed by atoms with Crippen molar-refractivity contribution in [2.45, 2.75) is 45.3 Å². The fraction of sp³-hybridized carbons (Fsp3) is 0.500. The summed E-state index contributed by atoms with van der Waals surface area (Å²) in [5.41, 5.74) is 1.12. The molecule has 0 spiro atoms. The Hall–Kier alpha value is -1.46. The van der Waals surface area contributed by atoms with E-state index in [4.69, 9.17) is 15.9 Å². The van der Waals surface area contributed by atoms with E-state index in [0.717, 1.165) is 24.2 Å². The molecule has 0 fully saturated rings. The van der Waals surface area contributed by atoms with Gasteiger partial charge in [0.25, 0.3) is 0 Å². The van der Waals surface area contributed by atoms with Crippen LogP contribution in [0, 0.1) is 12.3 Å². The lowest BCUT2D eigenvalue weighted by atomic mass is 10.1. The highest BCUT2D eigenvalue weighted by molar-refractivity contribution is 5.26. The van der Waals surface area contributed by atoms with Crippen LogP contribution in [0.5, 0.6) is 5.75 Å². The van der Waals surface area contributed by atoms with Crippen LogP contribution >= 0.6 is 0 Å². The average Bonchev–Trinajstić information content (AvgIpc) is 2.43. The molecule has 0 aliphatic heterocycles. The summed E-state index contributed by atoms with van der Waals surface area (Å²) in [5, 5.41) is 0. The lowest BCUT2D eigenvalue weighted by Crippen LogP contribution is -2.10. The maximum Gasteiger partial charge on any atom is 0.118 e. The molecule has 0 bridgehead atoms. The van der Waals surface area contributed by atoms with Crippen LogP contribution in [0.25, 0.3) is 0 Å². The first kappa shape index (κ1) is 14.6. The molecule has 1 atom stereocenters. The van der Waals surface area contributed by atoms with E-state index < -0.39 is 0 Å². The minimum Gasteiger partial charge on any atom is -0.497 e. The van der Waals surface area contributed by atoms with E-state index in [-0.39, 0.29) is 6.10 Å². The highest BCUT2D eigenvalue weighted by Gasteiger charge is 2.05. The summed E-state index contributed by atoms with van der Waals surface area (Å²) in [5.74, 6) is 3.56. The smallest absolute Gasteiger partial charge is 0.118 e. The van der Waals surface area contributed by atoms with Gasteiger partial charge in [-0.25, -0.2) is 0 Å². The molecule has 0 aliphatic rings. The van der Waals surface area contributed by atoms with Gasteiger partial charge in [-0.05, 0) is 30.5 Å². The highest BCUT2D eigenvalue weighted by Crippen LogP contribution is 2.14. The third-order valence-corrected chi connectivity index (χ3v) is 2.87. The maximum atomic E-state index is 5.72. The van der Waals surface area contributed by atoms with E-state index in [1.54, 1.807) is 7.11 Å². The lowest BCUT2D eigenvalue weighted by molar-refractivity contribution is 0.0710. The van der Waals surface area contributed by atoms with Gasteiger partial charge >= 0.3 is 0 Å². The summed E-state index contributed by atoms with van der Waals surface area (Å²) in [6.45, 7) is 2.74. The number of methoxy groups -OCH3 is 1. The van der Waals surface area contributed by atoms with Crippen LogP contribution in [0.1, 0.15) is 38.2 Å². The zero-order chi connectivity index (χ0) is 13.2. The maximum absolute atomic E-state index is 5.72. The second kappa shape index (κ2) is 8.60. The lowest BCUT2D eigenvalue weighted by Gasteiger charge is -2.12. The molecule has 1 aromatic rings. The molecular formula is C16H22O2. The number of terminal acetylenes is 1. The Morgan fingerprint density at radius 2 is 1.94 bits per heavy atom. The molecule has 2 heteroatoms. The van der Waals surface area contributed by atoms with Gasteiger partial charge in [0.05, 0.1) is 13.7 Å². The summed E-state index contributed by atoms with van der Waals surface area (Å²) < 4.78 is 10.8. The van der Waals surface area contributed by atoms with Crippen molar-refractivity contribution in [3.05, 3.63) is 29.8 Å². The van der Waals surface area contributed by atoms with E-state index in [1.165, 1.54) is 12.8 Å². The standard InChI is InChI=1S/C16H22O2/c1-4-6-7-8-15(5-2)18-13-14-9-11-16(17-3)12-10-14/h2,9-12,15H,4,6-8,13H2,1,3H3. The van der Waals surface area contributed by atoms with E-state index in [0.29, 0.717) is 6.61 Å². The molecule has 0 N–H and O–H groups in total. The second-order valence-electron chi connectivity index (χ2n) is 4.31. The van der Waals surface area contributed by atoms with Crippen LogP contribution in [0.2, 0.25) is 0 Å². The van der Waals surface area contributed by atoms with Gasteiger partial charge in [0, 0.05) is 0 Å². The van der Waals surface area contributed by atoms with Gasteiger partial charge in [0.15, 0.2) is 0 Å². The fourth-order valence-electron chi connectivity index (χ4n) is 1.71. The summed E-state index contributed by atoms with van der Waals surface area (Å²) in [6, 6.07) is 7.86. The monoisotopic (exact) mass is 246 g/mol. The zero-order valence-electron chi connectivity index (χ0n) is 11.3. The Morgan fingerprint density at radius 3 is 2.50 bits per heavy atom. The van der Waals surface area contributed by atoms with E-state index >= 15 is 0 Å². The summed E-state index contributed by atoms with van der Waals surface area (Å²) in [7, 11) is 1.66. The molecule has 1 rings (SSSR count). The SMILES string of the molecule is C#CC(CCCCC)OCc1ccc(OC)cc1. The Bertz CT molecular complexity index is 362. The molecule has 0 aliphatic carbocycles. The minimum atomic E-state index is -0.0707. The second-order valence-corrected chi connectivity index (χ2v) is 4.31. The van der Waals surface area contributed by atoms with Crippen LogP contribution < -0.4 is 4.74 Å². The molecule has 0 radical (unpaired) electrons. The van der Waals surface area contributed by atoms with E-state index in [2.05, 4.69) is 12.8 Å². The van der Waals surface area contributed by atoms with Crippen molar-refractivity contribution in [1.82, 2.24) is 0 Å². The third-order valence-electron chi connectivity index (χ3n) is 2.87. The number of unbranched alkanes of at least 4 members (excludes halogenated alkanes) is 2. The number of rotatable bonds is 8. The molecule has 2 nitrogen and oxygen atoms in total. The molecule has 18 heavy (non-hydrogen) atoms. The predicted molar refractivity (Wildman–Crippen MR) is 74.5 cm³/mol. The van der Waals surface area contributed by atoms with Gasteiger partial charge in [-0.1, -0.05) is 37.8 Å². The summed E-state index contributed by atoms with van der Waals surface area (Å²) in [6.07, 6.45) is 9.89. The topological polar surface area (TPSA) is 18.5 Å².